The molecule has 0 aliphatic heterocycles. The second-order valence-electron chi connectivity index (χ2n) is 5.37. The first kappa shape index (κ1) is 16.2. The molecule has 8 heteroatoms. The predicted molar refractivity (Wildman–Crippen MR) is 80.5 cm³/mol. The molecule has 0 fully saturated rings. The van der Waals surface area contributed by atoms with E-state index in [0.717, 1.165) is 11.3 Å². The molecular formula is C14H16FN3O3S. The third-order valence-electron chi connectivity index (χ3n) is 2.23. The SMILES string of the molecule is CC(C)(C)OC(=O)Nc1nnc(COc2cccc(F)c2)s1. The summed E-state index contributed by atoms with van der Waals surface area (Å²) < 4.78 is 23.5. The molecule has 22 heavy (non-hydrogen) atoms. The van der Waals surface area contributed by atoms with Gasteiger partial charge in [-0.25, -0.2) is 9.18 Å². The molecule has 1 heterocycles. The Labute approximate surface area is 131 Å². The van der Waals surface area contributed by atoms with Crippen LogP contribution in [-0.2, 0) is 11.3 Å². The van der Waals surface area contributed by atoms with Gasteiger partial charge in [0.2, 0.25) is 5.13 Å². The molecule has 0 saturated heterocycles. The minimum absolute atomic E-state index is 0.136. The van der Waals surface area contributed by atoms with Gasteiger partial charge in [-0.05, 0) is 32.9 Å². The molecule has 0 aliphatic rings. The monoisotopic (exact) mass is 325 g/mol. The molecule has 1 amide bonds. The van der Waals surface area contributed by atoms with Crippen LogP contribution in [0.25, 0.3) is 0 Å². The number of halogens is 1. The lowest BCUT2D eigenvalue weighted by atomic mass is 10.2. The van der Waals surface area contributed by atoms with Gasteiger partial charge in [-0.3, -0.25) is 5.32 Å². The van der Waals surface area contributed by atoms with Crippen molar-refractivity contribution in [2.75, 3.05) is 5.32 Å². The second kappa shape index (κ2) is 6.69. The van der Waals surface area contributed by atoms with Crippen molar-refractivity contribution in [2.45, 2.75) is 33.0 Å². The Hall–Kier alpha value is -2.22. The Morgan fingerprint density at radius 2 is 2.14 bits per heavy atom. The van der Waals surface area contributed by atoms with E-state index < -0.39 is 11.7 Å². The highest BCUT2D eigenvalue weighted by molar-refractivity contribution is 7.15. The molecule has 0 unspecified atom stereocenters. The number of carbonyl (C=O) groups excluding carboxylic acids is 1. The lowest BCUT2D eigenvalue weighted by Crippen LogP contribution is -2.27. The van der Waals surface area contributed by atoms with Crippen molar-refractivity contribution in [3.63, 3.8) is 0 Å². The van der Waals surface area contributed by atoms with Crippen LogP contribution in [0.3, 0.4) is 0 Å². The highest BCUT2D eigenvalue weighted by atomic mass is 32.1. The highest BCUT2D eigenvalue weighted by Crippen LogP contribution is 2.19. The Balaban J connectivity index is 1.87. The molecule has 2 rings (SSSR count). The minimum Gasteiger partial charge on any atom is -0.486 e. The number of hydrogen-bond acceptors (Lipinski definition) is 6. The fourth-order valence-electron chi connectivity index (χ4n) is 1.46. The molecule has 1 aromatic carbocycles. The van der Waals surface area contributed by atoms with Gasteiger partial charge in [-0.15, -0.1) is 10.2 Å². The maximum absolute atomic E-state index is 13.0. The summed E-state index contributed by atoms with van der Waals surface area (Å²) in [6.07, 6.45) is -0.596. The van der Waals surface area contributed by atoms with Crippen LogP contribution in [0.15, 0.2) is 24.3 Å². The van der Waals surface area contributed by atoms with E-state index in [1.54, 1.807) is 32.9 Å². The number of rotatable bonds is 4. The molecule has 0 radical (unpaired) electrons. The van der Waals surface area contributed by atoms with E-state index in [2.05, 4.69) is 15.5 Å². The molecule has 1 N–H and O–H groups in total. The van der Waals surface area contributed by atoms with E-state index in [9.17, 15) is 9.18 Å². The summed E-state index contributed by atoms with van der Waals surface area (Å²) >= 11 is 1.16. The van der Waals surface area contributed by atoms with Crippen molar-refractivity contribution < 1.29 is 18.7 Å². The van der Waals surface area contributed by atoms with Crippen molar-refractivity contribution in [2.24, 2.45) is 0 Å². The third-order valence-corrected chi connectivity index (χ3v) is 3.05. The molecular weight excluding hydrogens is 309 g/mol. The lowest BCUT2D eigenvalue weighted by Gasteiger charge is -2.18. The third kappa shape index (κ3) is 5.28. The van der Waals surface area contributed by atoms with Crippen LogP contribution in [0.2, 0.25) is 0 Å². The largest absolute Gasteiger partial charge is 0.486 e. The number of anilines is 1. The van der Waals surface area contributed by atoms with Crippen LogP contribution in [0.4, 0.5) is 14.3 Å². The fraction of sp³-hybridized carbons (Fsp3) is 0.357. The zero-order valence-electron chi connectivity index (χ0n) is 12.4. The Morgan fingerprint density at radius 3 is 2.82 bits per heavy atom. The first-order valence-electron chi connectivity index (χ1n) is 6.52. The standard InChI is InChI=1S/C14H16FN3O3S/c1-14(2,3)21-13(19)16-12-18-17-11(22-12)8-20-10-6-4-5-9(15)7-10/h4-7H,8H2,1-3H3,(H,16,18,19). The van der Waals surface area contributed by atoms with Crippen molar-refractivity contribution in [1.29, 1.82) is 0 Å². The average Bonchev–Trinajstić information content (AvgIpc) is 2.81. The first-order chi connectivity index (χ1) is 10.3. The minimum atomic E-state index is -0.596. The van der Waals surface area contributed by atoms with Gasteiger partial charge in [-0.1, -0.05) is 17.4 Å². The Kier molecular flexibility index (Phi) is 4.92. The van der Waals surface area contributed by atoms with Crippen molar-refractivity contribution in [3.8, 4) is 5.75 Å². The van der Waals surface area contributed by atoms with Crippen molar-refractivity contribution in [1.82, 2.24) is 10.2 Å². The van der Waals surface area contributed by atoms with Gasteiger partial charge in [0.25, 0.3) is 0 Å². The molecule has 0 aliphatic carbocycles. The Morgan fingerprint density at radius 1 is 1.36 bits per heavy atom. The van der Waals surface area contributed by atoms with Gasteiger partial charge in [0, 0.05) is 6.07 Å². The molecule has 1 aromatic heterocycles. The predicted octanol–water partition coefficient (Wildman–Crippen LogP) is 3.60. The molecule has 0 atom stereocenters. The maximum Gasteiger partial charge on any atom is 0.414 e. The zero-order valence-corrected chi connectivity index (χ0v) is 13.2. The van der Waals surface area contributed by atoms with Crippen LogP contribution in [0, 0.1) is 5.82 Å². The van der Waals surface area contributed by atoms with Gasteiger partial charge in [0.05, 0.1) is 0 Å². The summed E-state index contributed by atoms with van der Waals surface area (Å²) in [5.41, 5.74) is -0.585. The summed E-state index contributed by atoms with van der Waals surface area (Å²) in [5, 5.41) is 11.1. The van der Waals surface area contributed by atoms with E-state index in [-0.39, 0.29) is 12.4 Å². The second-order valence-corrected chi connectivity index (χ2v) is 6.44. The topological polar surface area (TPSA) is 73.3 Å². The van der Waals surface area contributed by atoms with Gasteiger partial charge >= 0.3 is 6.09 Å². The summed E-state index contributed by atoms with van der Waals surface area (Å²) in [6, 6.07) is 5.81. The van der Waals surface area contributed by atoms with Crippen molar-refractivity contribution >= 4 is 22.6 Å². The zero-order chi connectivity index (χ0) is 16.2. The molecule has 6 nitrogen and oxygen atoms in total. The number of aromatic nitrogens is 2. The van der Waals surface area contributed by atoms with E-state index in [4.69, 9.17) is 9.47 Å². The number of amides is 1. The maximum atomic E-state index is 13.0. The Bertz CT molecular complexity index is 655. The van der Waals surface area contributed by atoms with Gasteiger partial charge in [0.15, 0.2) is 5.01 Å². The molecule has 0 spiro atoms. The number of nitrogens with zero attached hydrogens (tertiary/aromatic N) is 2. The molecule has 2 aromatic rings. The van der Waals surface area contributed by atoms with E-state index in [1.807, 2.05) is 0 Å². The molecule has 0 saturated carbocycles. The summed E-state index contributed by atoms with van der Waals surface area (Å²) in [7, 11) is 0. The smallest absolute Gasteiger partial charge is 0.414 e. The van der Waals surface area contributed by atoms with Gasteiger partial charge < -0.3 is 9.47 Å². The number of carbonyl (C=O) groups is 1. The van der Waals surface area contributed by atoms with Crippen LogP contribution < -0.4 is 10.1 Å². The van der Waals surface area contributed by atoms with Crippen LogP contribution in [0.5, 0.6) is 5.75 Å². The quantitative estimate of drug-likeness (QED) is 0.929. The van der Waals surface area contributed by atoms with Crippen LogP contribution >= 0.6 is 11.3 Å². The van der Waals surface area contributed by atoms with E-state index in [0.29, 0.717) is 15.9 Å². The lowest BCUT2D eigenvalue weighted by molar-refractivity contribution is 0.0636. The fourth-order valence-corrected chi connectivity index (χ4v) is 2.09. The molecule has 118 valence electrons. The van der Waals surface area contributed by atoms with Gasteiger partial charge in [0.1, 0.15) is 23.8 Å². The summed E-state index contributed by atoms with van der Waals surface area (Å²) in [5.74, 6) is 0.0268. The summed E-state index contributed by atoms with van der Waals surface area (Å²) in [4.78, 5) is 11.6. The number of ether oxygens (including phenoxy) is 2. The summed E-state index contributed by atoms with van der Waals surface area (Å²) in [6.45, 7) is 5.44. The normalized spacial score (nSPS) is 11.1. The van der Waals surface area contributed by atoms with E-state index >= 15 is 0 Å². The number of hydrogen-bond donors (Lipinski definition) is 1. The van der Waals surface area contributed by atoms with Crippen LogP contribution in [-0.4, -0.2) is 21.9 Å². The highest BCUT2D eigenvalue weighted by Gasteiger charge is 2.17. The van der Waals surface area contributed by atoms with E-state index in [1.165, 1.54) is 12.1 Å². The number of nitrogens with one attached hydrogen (secondary N) is 1. The molecule has 0 bridgehead atoms. The average molecular weight is 325 g/mol. The number of benzene rings is 1. The van der Waals surface area contributed by atoms with Crippen molar-refractivity contribution in [3.05, 3.63) is 35.1 Å². The van der Waals surface area contributed by atoms with Crippen LogP contribution in [0.1, 0.15) is 25.8 Å². The first-order valence-corrected chi connectivity index (χ1v) is 7.34. The van der Waals surface area contributed by atoms with Gasteiger partial charge in [-0.2, -0.15) is 0 Å².